The molecule has 0 aromatic carbocycles. The van der Waals surface area contributed by atoms with Crippen LogP contribution in [-0.4, -0.2) is 0 Å². The molecular formula is C7H11. The second-order valence-corrected chi connectivity index (χ2v) is 1.67. The molecule has 0 heterocycles. The molecule has 0 saturated heterocycles. The zero-order valence-corrected chi connectivity index (χ0v) is 4.99. The van der Waals surface area contributed by atoms with Gasteiger partial charge in [-0.2, -0.15) is 0 Å². The Balaban J connectivity index is 3.82. The Labute approximate surface area is 45.5 Å². The van der Waals surface area contributed by atoms with Gasteiger partial charge in [0.05, 0.1) is 0 Å². The Bertz CT molecular complexity index is 96.6. The van der Waals surface area contributed by atoms with Gasteiger partial charge in [-0.1, -0.05) is 23.8 Å². The van der Waals surface area contributed by atoms with Gasteiger partial charge in [-0.3, -0.25) is 0 Å². The predicted molar refractivity (Wildman–Crippen MR) is 33.9 cm³/mol. The van der Waals surface area contributed by atoms with Crippen molar-refractivity contribution >= 4 is 0 Å². The zero-order chi connectivity index (χ0) is 5.86. The van der Waals surface area contributed by atoms with Crippen molar-refractivity contribution in [2.45, 2.75) is 13.8 Å². The number of hydrogen-bond acceptors (Lipinski definition) is 0. The van der Waals surface area contributed by atoms with E-state index in [1.165, 1.54) is 5.57 Å². The first-order valence-corrected chi connectivity index (χ1v) is 2.30. The quantitative estimate of drug-likeness (QED) is 0.438. The first-order chi connectivity index (χ1) is 3.18. The van der Waals surface area contributed by atoms with Gasteiger partial charge < -0.3 is 0 Å². The molecule has 7 heavy (non-hydrogen) atoms. The van der Waals surface area contributed by atoms with Gasteiger partial charge in [-0.05, 0) is 20.8 Å². The summed E-state index contributed by atoms with van der Waals surface area (Å²) in [5, 5.41) is 0. The van der Waals surface area contributed by atoms with Crippen LogP contribution in [0, 0.1) is 6.92 Å². The highest BCUT2D eigenvalue weighted by atomic mass is 13.9. The summed E-state index contributed by atoms with van der Waals surface area (Å²) < 4.78 is 0. The third kappa shape index (κ3) is 2.21. The fraction of sp³-hybridized carbons (Fsp3) is 0.286. The SMILES string of the molecule is [CH2]/C=C(\C)C(=C)C. The molecule has 0 rings (SSSR count). The first kappa shape index (κ1) is 6.48. The second-order valence-electron chi connectivity index (χ2n) is 1.67. The maximum atomic E-state index is 3.72. The molecule has 0 amide bonds. The zero-order valence-electron chi connectivity index (χ0n) is 4.99. The highest BCUT2D eigenvalue weighted by Gasteiger charge is 1.81. The second kappa shape index (κ2) is 2.62. The Morgan fingerprint density at radius 3 is 1.86 bits per heavy atom. The summed E-state index contributed by atoms with van der Waals surface area (Å²) in [6, 6.07) is 0. The minimum Gasteiger partial charge on any atom is -0.0959 e. The summed E-state index contributed by atoms with van der Waals surface area (Å²) in [6.07, 6.45) is 1.81. The maximum absolute atomic E-state index is 3.72. The van der Waals surface area contributed by atoms with Gasteiger partial charge in [0.1, 0.15) is 0 Å². The Kier molecular flexibility index (Phi) is 2.42. The third-order valence-corrected chi connectivity index (χ3v) is 0.979. The molecule has 0 fully saturated rings. The van der Waals surface area contributed by atoms with Gasteiger partial charge in [0, 0.05) is 0 Å². The number of rotatable bonds is 1. The minimum atomic E-state index is 1.09. The van der Waals surface area contributed by atoms with Crippen molar-refractivity contribution in [3.63, 3.8) is 0 Å². The molecule has 0 bridgehead atoms. The average Bonchev–Trinajstić information content (AvgIpc) is 1.65. The van der Waals surface area contributed by atoms with Crippen LogP contribution in [0.1, 0.15) is 13.8 Å². The summed E-state index contributed by atoms with van der Waals surface area (Å²) in [5.41, 5.74) is 2.26. The van der Waals surface area contributed by atoms with Gasteiger partial charge in [-0.15, -0.1) is 0 Å². The molecule has 1 radical (unpaired) electrons. The van der Waals surface area contributed by atoms with Crippen LogP contribution < -0.4 is 0 Å². The minimum absolute atomic E-state index is 1.09. The normalized spacial score (nSPS) is 11.6. The van der Waals surface area contributed by atoms with Crippen molar-refractivity contribution in [1.29, 1.82) is 0 Å². The highest BCUT2D eigenvalue weighted by Crippen LogP contribution is 2.02. The molecule has 0 aromatic heterocycles. The van der Waals surface area contributed by atoms with Gasteiger partial charge >= 0.3 is 0 Å². The lowest BCUT2D eigenvalue weighted by atomic mass is 10.2. The molecule has 0 heteroatoms. The van der Waals surface area contributed by atoms with Crippen LogP contribution in [0.25, 0.3) is 0 Å². The van der Waals surface area contributed by atoms with Gasteiger partial charge in [0.25, 0.3) is 0 Å². The Hall–Kier alpha value is -0.520. The van der Waals surface area contributed by atoms with E-state index in [2.05, 4.69) is 13.5 Å². The Morgan fingerprint density at radius 2 is 1.86 bits per heavy atom. The van der Waals surface area contributed by atoms with Crippen LogP contribution in [0.5, 0.6) is 0 Å². The van der Waals surface area contributed by atoms with Crippen molar-refractivity contribution in [3.8, 4) is 0 Å². The molecule has 0 aromatic rings. The lowest BCUT2D eigenvalue weighted by Gasteiger charge is -1.92. The van der Waals surface area contributed by atoms with E-state index in [-0.39, 0.29) is 0 Å². The summed E-state index contributed by atoms with van der Waals surface area (Å²) in [4.78, 5) is 0. The molecule has 0 nitrogen and oxygen atoms in total. The van der Waals surface area contributed by atoms with E-state index in [4.69, 9.17) is 0 Å². The van der Waals surface area contributed by atoms with Crippen molar-refractivity contribution in [2.24, 2.45) is 0 Å². The summed E-state index contributed by atoms with van der Waals surface area (Å²) >= 11 is 0. The van der Waals surface area contributed by atoms with Crippen LogP contribution in [0.15, 0.2) is 23.8 Å². The largest absolute Gasteiger partial charge is 0.0959 e. The molecule has 0 saturated carbocycles. The fourth-order valence-electron chi connectivity index (χ4n) is 0.174. The standard InChI is InChI=1S/C7H11/c1-5-7(4)6(2)3/h5H,1-2H2,3-4H3/b7-5+. The lowest BCUT2D eigenvalue weighted by molar-refractivity contribution is 1.36. The topological polar surface area (TPSA) is 0 Å². The van der Waals surface area contributed by atoms with E-state index >= 15 is 0 Å². The van der Waals surface area contributed by atoms with Crippen LogP contribution in [0.2, 0.25) is 0 Å². The lowest BCUT2D eigenvalue weighted by Crippen LogP contribution is -1.71. The summed E-state index contributed by atoms with van der Waals surface area (Å²) in [6.45, 7) is 11.3. The van der Waals surface area contributed by atoms with E-state index in [0.717, 1.165) is 5.57 Å². The summed E-state index contributed by atoms with van der Waals surface area (Å²) in [5.74, 6) is 0. The van der Waals surface area contributed by atoms with Crippen molar-refractivity contribution < 1.29 is 0 Å². The van der Waals surface area contributed by atoms with Crippen molar-refractivity contribution in [2.75, 3.05) is 0 Å². The molecule has 0 atom stereocenters. The van der Waals surface area contributed by atoms with Crippen LogP contribution in [0.3, 0.4) is 0 Å². The van der Waals surface area contributed by atoms with Crippen LogP contribution >= 0.6 is 0 Å². The monoisotopic (exact) mass is 95.1 g/mol. The Morgan fingerprint density at radius 1 is 1.43 bits per heavy atom. The predicted octanol–water partition coefficient (Wildman–Crippen LogP) is 2.34. The van der Waals surface area contributed by atoms with Gasteiger partial charge in [0.2, 0.25) is 0 Å². The summed E-state index contributed by atoms with van der Waals surface area (Å²) in [7, 11) is 0. The first-order valence-electron chi connectivity index (χ1n) is 2.30. The molecule has 0 aliphatic rings. The van der Waals surface area contributed by atoms with Crippen molar-refractivity contribution in [1.82, 2.24) is 0 Å². The third-order valence-electron chi connectivity index (χ3n) is 0.979. The molecule has 39 valence electrons. The van der Waals surface area contributed by atoms with E-state index in [1.807, 2.05) is 19.9 Å². The molecular weight excluding hydrogens is 84.1 g/mol. The van der Waals surface area contributed by atoms with Gasteiger partial charge in [-0.25, -0.2) is 0 Å². The fourth-order valence-corrected chi connectivity index (χ4v) is 0.174. The molecule has 0 aliphatic heterocycles. The average molecular weight is 95.2 g/mol. The number of hydrogen-bond donors (Lipinski definition) is 0. The van der Waals surface area contributed by atoms with Crippen molar-refractivity contribution in [3.05, 3.63) is 30.7 Å². The van der Waals surface area contributed by atoms with E-state index in [0.29, 0.717) is 0 Å². The molecule has 0 unspecified atom stereocenters. The van der Waals surface area contributed by atoms with Crippen LogP contribution in [-0.2, 0) is 0 Å². The molecule has 0 spiro atoms. The van der Waals surface area contributed by atoms with E-state index in [1.54, 1.807) is 0 Å². The number of allylic oxidation sites excluding steroid dienone is 3. The smallest absolute Gasteiger partial charge is 0.0310 e. The van der Waals surface area contributed by atoms with E-state index < -0.39 is 0 Å². The molecule has 0 aliphatic carbocycles. The van der Waals surface area contributed by atoms with Gasteiger partial charge in [0.15, 0.2) is 0 Å². The van der Waals surface area contributed by atoms with Crippen LogP contribution in [0.4, 0.5) is 0 Å². The highest BCUT2D eigenvalue weighted by molar-refractivity contribution is 5.23. The maximum Gasteiger partial charge on any atom is -0.0310 e. The van der Waals surface area contributed by atoms with E-state index in [9.17, 15) is 0 Å². The molecule has 0 N–H and O–H groups in total.